The Bertz CT molecular complexity index is 550. The van der Waals surface area contributed by atoms with Gasteiger partial charge >= 0.3 is 0 Å². The van der Waals surface area contributed by atoms with Gasteiger partial charge in [0.25, 0.3) is 0 Å². The standard InChI is InChI=1S/C17H21NOS/c1-12(18)17(16-10-5-11-20-16)19-15-9-4-7-13-6-2-3-8-14(13)15/h2-3,5-6,8,10-12,15,17H,4,7,9,18H2,1H3. The van der Waals surface area contributed by atoms with E-state index < -0.39 is 0 Å². The minimum absolute atomic E-state index is 0.00254. The maximum Gasteiger partial charge on any atom is 0.107 e. The van der Waals surface area contributed by atoms with Crippen molar-refractivity contribution in [2.75, 3.05) is 0 Å². The van der Waals surface area contributed by atoms with Crippen LogP contribution in [0.25, 0.3) is 0 Å². The van der Waals surface area contributed by atoms with Gasteiger partial charge in [0.05, 0.1) is 6.10 Å². The number of thiophene rings is 1. The van der Waals surface area contributed by atoms with Crippen LogP contribution < -0.4 is 5.73 Å². The summed E-state index contributed by atoms with van der Waals surface area (Å²) in [5.41, 5.74) is 8.92. The van der Waals surface area contributed by atoms with Gasteiger partial charge in [-0.3, -0.25) is 0 Å². The molecule has 2 nitrogen and oxygen atoms in total. The fraction of sp³-hybridized carbons (Fsp3) is 0.412. The molecule has 0 saturated carbocycles. The van der Waals surface area contributed by atoms with Crippen LogP contribution >= 0.6 is 11.3 Å². The molecule has 2 aromatic rings. The van der Waals surface area contributed by atoms with Gasteiger partial charge in [0.2, 0.25) is 0 Å². The molecule has 0 fully saturated rings. The van der Waals surface area contributed by atoms with Gasteiger partial charge in [0, 0.05) is 10.9 Å². The monoisotopic (exact) mass is 287 g/mol. The van der Waals surface area contributed by atoms with Crippen molar-refractivity contribution in [3.05, 3.63) is 57.8 Å². The summed E-state index contributed by atoms with van der Waals surface area (Å²) in [5.74, 6) is 0. The molecule has 0 saturated heterocycles. The van der Waals surface area contributed by atoms with Crippen LogP contribution in [-0.4, -0.2) is 6.04 Å². The van der Waals surface area contributed by atoms with Crippen molar-refractivity contribution in [2.24, 2.45) is 5.73 Å². The molecule has 0 aliphatic heterocycles. The van der Waals surface area contributed by atoms with Gasteiger partial charge in [-0.1, -0.05) is 30.3 Å². The number of benzene rings is 1. The summed E-state index contributed by atoms with van der Waals surface area (Å²) in [5, 5.41) is 2.09. The van der Waals surface area contributed by atoms with Gasteiger partial charge in [-0.25, -0.2) is 0 Å². The summed E-state index contributed by atoms with van der Waals surface area (Å²) in [7, 11) is 0. The van der Waals surface area contributed by atoms with Crippen LogP contribution in [0.2, 0.25) is 0 Å². The summed E-state index contributed by atoms with van der Waals surface area (Å²) in [4.78, 5) is 1.23. The van der Waals surface area contributed by atoms with Crippen LogP contribution in [0.3, 0.4) is 0 Å². The van der Waals surface area contributed by atoms with Gasteiger partial charge in [0.15, 0.2) is 0 Å². The molecule has 20 heavy (non-hydrogen) atoms. The molecule has 0 bridgehead atoms. The lowest BCUT2D eigenvalue weighted by Gasteiger charge is -2.31. The number of hydrogen-bond acceptors (Lipinski definition) is 3. The zero-order valence-electron chi connectivity index (χ0n) is 11.8. The molecule has 1 aromatic carbocycles. The number of nitrogens with two attached hydrogens (primary N) is 1. The third kappa shape index (κ3) is 2.80. The first-order valence-electron chi connectivity index (χ1n) is 7.28. The molecule has 2 N–H and O–H groups in total. The second-order valence-corrected chi connectivity index (χ2v) is 6.49. The molecule has 3 atom stereocenters. The fourth-order valence-electron chi connectivity index (χ4n) is 2.93. The zero-order chi connectivity index (χ0) is 13.9. The summed E-state index contributed by atoms with van der Waals surface area (Å²) >= 11 is 1.72. The summed E-state index contributed by atoms with van der Waals surface area (Å²) in [6.07, 6.45) is 3.62. The van der Waals surface area contributed by atoms with Gasteiger partial charge in [-0.05, 0) is 48.8 Å². The Balaban J connectivity index is 1.83. The van der Waals surface area contributed by atoms with E-state index in [2.05, 4.69) is 41.8 Å². The minimum atomic E-state index is -0.00819. The first-order valence-corrected chi connectivity index (χ1v) is 8.16. The van der Waals surface area contributed by atoms with E-state index in [1.165, 1.54) is 22.4 Å². The van der Waals surface area contributed by atoms with E-state index in [0.717, 1.165) is 12.8 Å². The van der Waals surface area contributed by atoms with Gasteiger partial charge in [-0.2, -0.15) is 0 Å². The van der Waals surface area contributed by atoms with E-state index in [-0.39, 0.29) is 18.2 Å². The highest BCUT2D eigenvalue weighted by Crippen LogP contribution is 2.37. The van der Waals surface area contributed by atoms with Crippen molar-refractivity contribution in [1.82, 2.24) is 0 Å². The Labute approximate surface area is 124 Å². The van der Waals surface area contributed by atoms with Crippen molar-refractivity contribution < 1.29 is 4.74 Å². The third-order valence-corrected chi connectivity index (χ3v) is 4.86. The molecule has 3 heteroatoms. The molecule has 1 aromatic heterocycles. The molecule has 3 rings (SSSR count). The number of fused-ring (bicyclic) bond motifs is 1. The molecule has 106 valence electrons. The lowest BCUT2D eigenvalue weighted by molar-refractivity contribution is -0.0321. The number of aryl methyl sites for hydroxylation is 1. The van der Waals surface area contributed by atoms with Crippen LogP contribution in [0.4, 0.5) is 0 Å². The Morgan fingerprint density at radius 2 is 2.10 bits per heavy atom. The predicted molar refractivity (Wildman–Crippen MR) is 83.9 cm³/mol. The highest BCUT2D eigenvalue weighted by atomic mass is 32.1. The highest BCUT2D eigenvalue weighted by molar-refractivity contribution is 7.10. The topological polar surface area (TPSA) is 35.2 Å². The molecule has 0 spiro atoms. The smallest absolute Gasteiger partial charge is 0.107 e. The minimum Gasteiger partial charge on any atom is -0.363 e. The maximum absolute atomic E-state index is 6.41. The summed E-state index contributed by atoms with van der Waals surface area (Å²) < 4.78 is 6.41. The molecule has 3 unspecified atom stereocenters. The van der Waals surface area contributed by atoms with Crippen LogP contribution in [0.15, 0.2) is 41.8 Å². The molecular formula is C17H21NOS. The van der Waals surface area contributed by atoms with Crippen LogP contribution in [0.1, 0.15) is 48.0 Å². The predicted octanol–water partition coefficient (Wildman–Crippen LogP) is 4.23. The molecular weight excluding hydrogens is 266 g/mol. The molecule has 0 amide bonds. The summed E-state index contributed by atoms with van der Waals surface area (Å²) in [6.45, 7) is 2.03. The van der Waals surface area contributed by atoms with E-state index in [1.54, 1.807) is 11.3 Å². The second kappa shape index (κ2) is 6.08. The van der Waals surface area contributed by atoms with Gasteiger partial charge in [-0.15, -0.1) is 11.3 Å². The Morgan fingerprint density at radius 1 is 1.25 bits per heavy atom. The van der Waals surface area contributed by atoms with E-state index in [1.807, 2.05) is 6.92 Å². The largest absolute Gasteiger partial charge is 0.363 e. The average molecular weight is 287 g/mol. The van der Waals surface area contributed by atoms with E-state index >= 15 is 0 Å². The van der Waals surface area contributed by atoms with E-state index in [0.29, 0.717) is 0 Å². The number of rotatable bonds is 4. The van der Waals surface area contributed by atoms with Gasteiger partial charge in [0.1, 0.15) is 6.10 Å². The van der Waals surface area contributed by atoms with Crippen LogP contribution in [0.5, 0.6) is 0 Å². The fourth-order valence-corrected chi connectivity index (χ4v) is 3.81. The first kappa shape index (κ1) is 13.8. The van der Waals surface area contributed by atoms with E-state index in [9.17, 15) is 0 Å². The van der Waals surface area contributed by atoms with E-state index in [4.69, 9.17) is 10.5 Å². The molecule has 1 heterocycles. The normalized spacial score (nSPS) is 21.2. The van der Waals surface area contributed by atoms with Crippen molar-refractivity contribution in [3.8, 4) is 0 Å². The lowest BCUT2D eigenvalue weighted by Crippen LogP contribution is -2.28. The van der Waals surface area contributed by atoms with Crippen molar-refractivity contribution in [2.45, 2.75) is 44.4 Å². The Morgan fingerprint density at radius 3 is 2.85 bits per heavy atom. The van der Waals surface area contributed by atoms with Crippen molar-refractivity contribution in [3.63, 3.8) is 0 Å². The van der Waals surface area contributed by atoms with Crippen molar-refractivity contribution >= 4 is 11.3 Å². The Hall–Kier alpha value is -1.16. The van der Waals surface area contributed by atoms with Crippen LogP contribution in [-0.2, 0) is 11.2 Å². The average Bonchev–Trinajstić information content (AvgIpc) is 2.98. The third-order valence-electron chi connectivity index (χ3n) is 3.93. The first-order chi connectivity index (χ1) is 9.75. The summed E-state index contributed by atoms with van der Waals surface area (Å²) in [6, 6.07) is 12.8. The van der Waals surface area contributed by atoms with Crippen molar-refractivity contribution in [1.29, 1.82) is 0 Å². The number of ether oxygens (including phenoxy) is 1. The van der Waals surface area contributed by atoms with Gasteiger partial charge < -0.3 is 10.5 Å². The SMILES string of the molecule is CC(N)C(OC1CCCc2ccccc21)c1cccs1. The van der Waals surface area contributed by atoms with Crippen LogP contribution in [0, 0.1) is 0 Å². The molecule has 1 aliphatic carbocycles. The number of hydrogen-bond donors (Lipinski definition) is 1. The molecule has 0 radical (unpaired) electrons. The lowest BCUT2D eigenvalue weighted by atomic mass is 9.89. The second-order valence-electron chi connectivity index (χ2n) is 5.51. The molecule has 1 aliphatic rings. The maximum atomic E-state index is 6.41. The zero-order valence-corrected chi connectivity index (χ0v) is 12.6. The quantitative estimate of drug-likeness (QED) is 0.913. The Kier molecular flexibility index (Phi) is 4.20. The highest BCUT2D eigenvalue weighted by Gasteiger charge is 2.26.